The lowest BCUT2D eigenvalue weighted by Gasteiger charge is -2.11. The second-order valence-corrected chi connectivity index (χ2v) is 5.04. The van der Waals surface area contributed by atoms with Crippen LogP contribution in [-0.2, 0) is 6.54 Å². The quantitative estimate of drug-likeness (QED) is 0.798. The van der Waals surface area contributed by atoms with Crippen LogP contribution in [0.25, 0.3) is 0 Å². The molecule has 0 fully saturated rings. The first-order chi connectivity index (χ1) is 9.09. The van der Waals surface area contributed by atoms with Crippen LogP contribution in [0.1, 0.15) is 32.2 Å². The van der Waals surface area contributed by atoms with E-state index in [1.54, 1.807) is 31.2 Å². The summed E-state index contributed by atoms with van der Waals surface area (Å²) in [5.74, 6) is -0.143. The number of carbonyl (C=O) groups excluding carboxylic acids is 2. The van der Waals surface area contributed by atoms with E-state index in [2.05, 4.69) is 21.1 Å². The summed E-state index contributed by atoms with van der Waals surface area (Å²) in [5, 5.41) is 3.79. The van der Waals surface area contributed by atoms with Crippen LogP contribution in [0.4, 0.5) is 0 Å². The number of carbonyl (C=O) groups is 2. The topological polar surface area (TPSA) is 63.4 Å². The van der Waals surface area contributed by atoms with Crippen molar-refractivity contribution in [3.63, 3.8) is 0 Å². The standard InChI is InChI=1S/C13H9BrN2O3/c1-7-11(14)10(19-15-7)6-16-12(17)8-4-2-3-5-9(8)13(16)18/h2-5H,6H2,1H3. The number of hydrogen-bond donors (Lipinski definition) is 0. The Hall–Kier alpha value is -1.95. The van der Waals surface area contributed by atoms with Gasteiger partial charge in [0.1, 0.15) is 0 Å². The summed E-state index contributed by atoms with van der Waals surface area (Å²) in [7, 11) is 0. The molecule has 96 valence electrons. The lowest BCUT2D eigenvalue weighted by atomic mass is 10.1. The van der Waals surface area contributed by atoms with Gasteiger partial charge in [-0.2, -0.15) is 0 Å². The molecule has 0 saturated heterocycles. The molecular weight excluding hydrogens is 312 g/mol. The van der Waals surface area contributed by atoms with Gasteiger partial charge in [0.15, 0.2) is 5.76 Å². The van der Waals surface area contributed by atoms with Crippen LogP contribution in [-0.4, -0.2) is 21.9 Å². The second kappa shape index (κ2) is 4.31. The Morgan fingerprint density at radius 3 is 2.26 bits per heavy atom. The number of nitrogens with zero attached hydrogens (tertiary/aromatic N) is 2. The van der Waals surface area contributed by atoms with Gasteiger partial charge >= 0.3 is 0 Å². The Balaban J connectivity index is 1.95. The number of benzene rings is 1. The molecule has 6 heteroatoms. The van der Waals surface area contributed by atoms with Gasteiger partial charge in [0.05, 0.1) is 27.8 Å². The zero-order chi connectivity index (χ0) is 13.6. The highest BCUT2D eigenvalue weighted by Crippen LogP contribution is 2.27. The van der Waals surface area contributed by atoms with Crippen LogP contribution in [0.15, 0.2) is 33.3 Å². The van der Waals surface area contributed by atoms with Crippen molar-refractivity contribution in [2.75, 3.05) is 0 Å². The summed E-state index contributed by atoms with van der Waals surface area (Å²) < 4.78 is 5.79. The lowest BCUT2D eigenvalue weighted by molar-refractivity contribution is 0.0628. The van der Waals surface area contributed by atoms with Crippen molar-refractivity contribution in [2.24, 2.45) is 0 Å². The molecule has 0 spiro atoms. The van der Waals surface area contributed by atoms with Crippen LogP contribution in [0.5, 0.6) is 0 Å². The minimum absolute atomic E-state index is 0.0772. The predicted octanol–water partition coefficient (Wildman–Crippen LogP) is 2.54. The van der Waals surface area contributed by atoms with E-state index < -0.39 is 0 Å². The van der Waals surface area contributed by atoms with Crippen molar-refractivity contribution < 1.29 is 14.1 Å². The predicted molar refractivity (Wildman–Crippen MR) is 69.6 cm³/mol. The van der Waals surface area contributed by atoms with Gasteiger partial charge in [-0.05, 0) is 35.0 Å². The van der Waals surface area contributed by atoms with Crippen LogP contribution in [0.2, 0.25) is 0 Å². The van der Waals surface area contributed by atoms with E-state index >= 15 is 0 Å². The van der Waals surface area contributed by atoms with Crippen molar-refractivity contribution in [3.8, 4) is 0 Å². The van der Waals surface area contributed by atoms with Crippen molar-refractivity contribution >= 4 is 27.7 Å². The molecule has 2 amide bonds. The van der Waals surface area contributed by atoms with E-state index in [1.165, 1.54) is 0 Å². The smallest absolute Gasteiger partial charge is 0.261 e. The summed E-state index contributed by atoms with van der Waals surface area (Å²) in [6, 6.07) is 6.77. The highest BCUT2D eigenvalue weighted by molar-refractivity contribution is 9.10. The molecular formula is C13H9BrN2O3. The highest BCUT2D eigenvalue weighted by atomic mass is 79.9. The minimum atomic E-state index is -0.304. The maximum Gasteiger partial charge on any atom is 0.261 e. The molecule has 0 saturated carbocycles. The minimum Gasteiger partial charge on any atom is -0.358 e. The molecule has 0 unspecified atom stereocenters. The molecule has 2 aromatic rings. The molecule has 0 bridgehead atoms. The fourth-order valence-corrected chi connectivity index (χ4v) is 2.30. The molecule has 1 aliphatic rings. The summed E-state index contributed by atoms with van der Waals surface area (Å²) >= 11 is 3.33. The normalized spacial score (nSPS) is 14.1. The molecule has 19 heavy (non-hydrogen) atoms. The Labute approximate surface area is 117 Å². The molecule has 0 aliphatic carbocycles. The van der Waals surface area contributed by atoms with Crippen LogP contribution in [0, 0.1) is 6.92 Å². The molecule has 0 atom stereocenters. The van der Waals surface area contributed by atoms with Crippen molar-refractivity contribution in [2.45, 2.75) is 13.5 Å². The molecule has 0 radical (unpaired) electrons. The lowest BCUT2D eigenvalue weighted by Crippen LogP contribution is -2.29. The molecule has 1 aliphatic heterocycles. The fourth-order valence-electron chi connectivity index (χ4n) is 2.03. The van der Waals surface area contributed by atoms with Gasteiger partial charge in [-0.3, -0.25) is 14.5 Å². The Bertz CT molecular complexity index is 658. The third kappa shape index (κ3) is 1.79. The van der Waals surface area contributed by atoms with Crippen molar-refractivity contribution in [3.05, 3.63) is 51.3 Å². The maximum atomic E-state index is 12.2. The van der Waals surface area contributed by atoms with Crippen molar-refractivity contribution in [1.82, 2.24) is 10.1 Å². The number of fused-ring (bicyclic) bond motifs is 1. The zero-order valence-electron chi connectivity index (χ0n) is 10.0. The third-order valence-electron chi connectivity index (χ3n) is 3.04. The number of rotatable bonds is 2. The van der Waals surface area contributed by atoms with Crippen LogP contribution in [0.3, 0.4) is 0 Å². The number of aryl methyl sites for hydroxylation is 1. The monoisotopic (exact) mass is 320 g/mol. The average Bonchev–Trinajstić information content (AvgIpc) is 2.86. The van der Waals surface area contributed by atoms with Gasteiger partial charge < -0.3 is 4.52 Å². The van der Waals surface area contributed by atoms with E-state index in [0.29, 0.717) is 27.1 Å². The molecule has 2 heterocycles. The molecule has 3 rings (SSSR count). The number of imide groups is 1. The number of aromatic nitrogens is 1. The zero-order valence-corrected chi connectivity index (χ0v) is 11.6. The van der Waals surface area contributed by atoms with Crippen molar-refractivity contribution in [1.29, 1.82) is 0 Å². The Morgan fingerprint density at radius 1 is 1.21 bits per heavy atom. The van der Waals surface area contributed by atoms with Crippen LogP contribution >= 0.6 is 15.9 Å². The fraction of sp³-hybridized carbons (Fsp3) is 0.154. The largest absolute Gasteiger partial charge is 0.358 e. The number of amides is 2. The highest BCUT2D eigenvalue weighted by Gasteiger charge is 2.36. The number of halogens is 1. The first-order valence-corrected chi connectivity index (χ1v) is 6.44. The first kappa shape index (κ1) is 12.1. The van der Waals surface area contributed by atoms with Gasteiger partial charge in [0, 0.05) is 0 Å². The molecule has 1 aromatic heterocycles. The van der Waals surface area contributed by atoms with Gasteiger partial charge in [0.2, 0.25) is 0 Å². The second-order valence-electron chi connectivity index (χ2n) is 4.25. The van der Waals surface area contributed by atoms with Gasteiger partial charge in [0.25, 0.3) is 11.8 Å². The summed E-state index contributed by atoms with van der Waals surface area (Å²) in [6.07, 6.45) is 0. The van der Waals surface area contributed by atoms with Gasteiger partial charge in [-0.15, -0.1) is 0 Å². The van der Waals surface area contributed by atoms with E-state index in [1.807, 2.05) is 0 Å². The first-order valence-electron chi connectivity index (χ1n) is 5.65. The van der Waals surface area contributed by atoms with Gasteiger partial charge in [-0.1, -0.05) is 17.3 Å². The average molecular weight is 321 g/mol. The molecule has 5 nitrogen and oxygen atoms in total. The SMILES string of the molecule is Cc1noc(CN2C(=O)c3ccccc3C2=O)c1Br. The maximum absolute atomic E-state index is 12.2. The van der Waals surface area contributed by atoms with E-state index in [-0.39, 0.29) is 18.4 Å². The number of hydrogen-bond acceptors (Lipinski definition) is 4. The van der Waals surface area contributed by atoms with E-state index in [9.17, 15) is 9.59 Å². The molecule has 1 aromatic carbocycles. The van der Waals surface area contributed by atoms with E-state index in [4.69, 9.17) is 4.52 Å². The summed E-state index contributed by atoms with van der Waals surface area (Å²) in [6.45, 7) is 1.85. The van der Waals surface area contributed by atoms with E-state index in [0.717, 1.165) is 4.90 Å². The summed E-state index contributed by atoms with van der Waals surface area (Å²) in [5.41, 5.74) is 1.55. The molecule has 0 N–H and O–H groups in total. The van der Waals surface area contributed by atoms with Crippen LogP contribution < -0.4 is 0 Å². The Kier molecular flexibility index (Phi) is 2.74. The van der Waals surface area contributed by atoms with Gasteiger partial charge in [-0.25, -0.2) is 0 Å². The third-order valence-corrected chi connectivity index (χ3v) is 4.05. The Morgan fingerprint density at radius 2 is 1.79 bits per heavy atom. The summed E-state index contributed by atoms with van der Waals surface area (Å²) in [4.78, 5) is 25.5.